The number of methoxy groups -OCH3 is 1. The number of hydrogen-bond donors (Lipinski definition) is 4. The van der Waals surface area contributed by atoms with Gasteiger partial charge in [-0.25, -0.2) is 0 Å². The van der Waals surface area contributed by atoms with Crippen LogP contribution < -0.4 is 5.32 Å². The molecule has 0 aromatic heterocycles. The Labute approximate surface area is 179 Å². The van der Waals surface area contributed by atoms with E-state index < -0.39 is 47.1 Å². The van der Waals surface area contributed by atoms with Gasteiger partial charge in [-0.1, -0.05) is 50.1 Å². The van der Waals surface area contributed by atoms with E-state index in [4.69, 9.17) is 9.47 Å². The van der Waals surface area contributed by atoms with Gasteiger partial charge in [-0.05, 0) is 13.3 Å². The third kappa shape index (κ3) is 3.38. The molecule has 0 radical (unpaired) electrons. The van der Waals surface area contributed by atoms with Crippen molar-refractivity contribution in [2.75, 3.05) is 7.11 Å². The van der Waals surface area contributed by atoms with Crippen LogP contribution in [-0.4, -0.2) is 69.5 Å². The van der Waals surface area contributed by atoms with E-state index in [-0.39, 0.29) is 23.3 Å². The summed E-state index contributed by atoms with van der Waals surface area (Å²) in [5.74, 6) is -3.05. The predicted molar refractivity (Wildman–Crippen MR) is 108 cm³/mol. The molecule has 1 amide bonds. The maximum Gasteiger partial charge on any atom is 0.278 e. The summed E-state index contributed by atoms with van der Waals surface area (Å²) in [5, 5.41) is 34.2. The van der Waals surface area contributed by atoms with E-state index in [9.17, 15) is 29.7 Å². The smallest absolute Gasteiger partial charge is 0.278 e. The van der Waals surface area contributed by atoms with Gasteiger partial charge in [0, 0.05) is 18.2 Å². The Hall–Kier alpha value is -2.59. The maximum atomic E-state index is 13.2. The molecule has 0 aliphatic carbocycles. The topological polar surface area (TPSA) is 142 Å². The second kappa shape index (κ2) is 8.51. The molecule has 1 fully saturated rings. The zero-order valence-corrected chi connectivity index (χ0v) is 17.6. The summed E-state index contributed by atoms with van der Waals surface area (Å²) < 4.78 is 10.9. The summed E-state index contributed by atoms with van der Waals surface area (Å²) in [7, 11) is 1.12. The lowest BCUT2D eigenvalue weighted by atomic mass is 9.85. The molecule has 0 bridgehead atoms. The molecule has 9 nitrogen and oxygen atoms in total. The molecule has 1 aromatic carbocycles. The van der Waals surface area contributed by atoms with Gasteiger partial charge in [-0.2, -0.15) is 0 Å². The predicted octanol–water partition coefficient (Wildman–Crippen LogP) is 0.227. The van der Waals surface area contributed by atoms with Gasteiger partial charge in [0.2, 0.25) is 17.3 Å². The van der Waals surface area contributed by atoms with Gasteiger partial charge in [0.25, 0.3) is 11.5 Å². The summed E-state index contributed by atoms with van der Waals surface area (Å²) in [6.07, 6.45) is -3.19. The number of aliphatic hydroxyl groups excluding tert-OH is 3. The molecule has 3 rings (SSSR count). The zero-order valence-electron chi connectivity index (χ0n) is 17.6. The molecule has 168 valence electrons. The van der Waals surface area contributed by atoms with Crippen LogP contribution in [0.25, 0.3) is 0 Å². The zero-order chi connectivity index (χ0) is 23.0. The SMILES string of the molecule is CCCC[C@H](O)[C@H](O)C1=C(C)C(=O)[C@]2(O1)C(=O)N[C@@](OC)(C(=O)c1ccccc1)[C@@H]2O. The average Bonchev–Trinajstić information content (AvgIpc) is 3.18. The van der Waals surface area contributed by atoms with Crippen molar-refractivity contribution in [3.05, 3.63) is 47.2 Å². The molecular weight excluding hydrogens is 406 g/mol. The normalized spacial score (nSPS) is 29.8. The van der Waals surface area contributed by atoms with Crippen LogP contribution in [-0.2, 0) is 19.1 Å². The molecule has 9 heteroatoms. The van der Waals surface area contributed by atoms with Crippen LogP contribution >= 0.6 is 0 Å². The van der Waals surface area contributed by atoms with E-state index in [1.165, 1.54) is 19.1 Å². The lowest BCUT2D eigenvalue weighted by Gasteiger charge is -2.32. The van der Waals surface area contributed by atoms with E-state index in [0.29, 0.717) is 6.42 Å². The van der Waals surface area contributed by atoms with Gasteiger partial charge in [-0.15, -0.1) is 0 Å². The Kier molecular flexibility index (Phi) is 6.33. The number of carbonyl (C=O) groups excluding carboxylic acids is 3. The molecule has 0 saturated carbocycles. The van der Waals surface area contributed by atoms with Gasteiger partial charge in [0.1, 0.15) is 11.9 Å². The van der Waals surface area contributed by atoms with E-state index in [1.54, 1.807) is 18.2 Å². The Morgan fingerprint density at radius 2 is 1.90 bits per heavy atom. The standard InChI is InChI=1S/C22H27NO8/c1-4-5-11-14(24)15(25)16-12(2)17(26)21(31-16)19(28)22(30-3,23-20(21)29)18(27)13-9-7-6-8-10-13/h6-10,14-15,19,24-25,28H,4-5,11H2,1-3H3,(H,23,29)/t14-,15-,19+,21+,22+/m0/s1. The number of Topliss-reactive ketones (excluding diaryl/α,β-unsaturated/α-hetero) is 2. The first-order chi connectivity index (χ1) is 14.7. The first-order valence-corrected chi connectivity index (χ1v) is 10.1. The maximum absolute atomic E-state index is 13.2. The monoisotopic (exact) mass is 433 g/mol. The lowest BCUT2D eigenvalue weighted by Crippen LogP contribution is -2.60. The highest BCUT2D eigenvalue weighted by Gasteiger charge is 2.74. The summed E-state index contributed by atoms with van der Waals surface area (Å²) >= 11 is 0. The first-order valence-electron chi connectivity index (χ1n) is 10.1. The van der Waals surface area contributed by atoms with E-state index in [0.717, 1.165) is 13.5 Å². The highest BCUT2D eigenvalue weighted by atomic mass is 16.6. The van der Waals surface area contributed by atoms with Gasteiger partial charge >= 0.3 is 0 Å². The minimum absolute atomic E-state index is 0.115. The minimum Gasteiger partial charge on any atom is -0.467 e. The highest BCUT2D eigenvalue weighted by molar-refractivity contribution is 6.23. The van der Waals surface area contributed by atoms with Crippen molar-refractivity contribution in [3.63, 3.8) is 0 Å². The molecule has 31 heavy (non-hydrogen) atoms. The van der Waals surface area contributed by atoms with Crippen LogP contribution in [0.15, 0.2) is 41.7 Å². The first kappa shape index (κ1) is 23.1. The second-order valence-corrected chi connectivity index (χ2v) is 7.80. The van der Waals surface area contributed by atoms with Crippen molar-refractivity contribution in [2.24, 2.45) is 0 Å². The summed E-state index contributed by atoms with van der Waals surface area (Å²) in [6, 6.07) is 7.85. The molecule has 1 aromatic rings. The third-order valence-corrected chi connectivity index (χ3v) is 5.91. The summed E-state index contributed by atoms with van der Waals surface area (Å²) in [5.41, 5.74) is -4.75. The summed E-state index contributed by atoms with van der Waals surface area (Å²) in [6.45, 7) is 3.25. The highest BCUT2D eigenvalue weighted by Crippen LogP contribution is 2.44. The van der Waals surface area contributed by atoms with Gasteiger partial charge < -0.3 is 30.1 Å². The molecule has 5 atom stereocenters. The molecule has 1 saturated heterocycles. The van der Waals surface area contributed by atoms with Gasteiger partial charge in [0.05, 0.1) is 6.10 Å². The third-order valence-electron chi connectivity index (χ3n) is 5.91. The number of benzene rings is 1. The molecule has 4 N–H and O–H groups in total. The van der Waals surface area contributed by atoms with E-state index >= 15 is 0 Å². The number of rotatable bonds is 8. The van der Waals surface area contributed by atoms with Crippen LogP contribution in [0, 0.1) is 0 Å². The lowest BCUT2D eigenvalue weighted by molar-refractivity contribution is -0.163. The fraction of sp³-hybridized carbons (Fsp3) is 0.500. The fourth-order valence-electron chi connectivity index (χ4n) is 4.02. The molecule has 1 spiro atoms. The molecular formula is C22H27NO8. The van der Waals surface area contributed by atoms with Crippen molar-refractivity contribution < 1.29 is 39.2 Å². The van der Waals surface area contributed by atoms with Crippen LogP contribution in [0.2, 0.25) is 0 Å². The van der Waals surface area contributed by atoms with Crippen LogP contribution in [0.1, 0.15) is 43.5 Å². The molecule has 2 aliphatic heterocycles. The fourth-order valence-corrected chi connectivity index (χ4v) is 4.02. The van der Waals surface area contributed by atoms with Crippen molar-refractivity contribution in [3.8, 4) is 0 Å². The number of ketones is 2. The second-order valence-electron chi connectivity index (χ2n) is 7.80. The number of hydrogen-bond acceptors (Lipinski definition) is 8. The number of amides is 1. The van der Waals surface area contributed by atoms with E-state index in [1.807, 2.05) is 6.92 Å². The van der Waals surface area contributed by atoms with Crippen molar-refractivity contribution in [2.45, 2.75) is 62.7 Å². The Balaban J connectivity index is 1.97. The molecule has 0 unspecified atom stereocenters. The Bertz CT molecular complexity index is 913. The van der Waals surface area contributed by atoms with Crippen molar-refractivity contribution in [1.29, 1.82) is 0 Å². The van der Waals surface area contributed by atoms with Gasteiger partial charge in [0.15, 0.2) is 6.10 Å². The number of ether oxygens (including phenoxy) is 2. The summed E-state index contributed by atoms with van der Waals surface area (Å²) in [4.78, 5) is 39.2. The number of nitrogens with one attached hydrogen (secondary N) is 1. The minimum atomic E-state index is -2.51. The van der Waals surface area contributed by atoms with Crippen molar-refractivity contribution in [1.82, 2.24) is 5.32 Å². The van der Waals surface area contributed by atoms with Crippen LogP contribution in [0.4, 0.5) is 0 Å². The molecule has 2 heterocycles. The quantitative estimate of drug-likeness (QED) is 0.337. The van der Waals surface area contributed by atoms with Crippen LogP contribution in [0.5, 0.6) is 0 Å². The van der Waals surface area contributed by atoms with E-state index in [2.05, 4.69) is 5.32 Å². The Morgan fingerprint density at radius 3 is 2.48 bits per heavy atom. The number of unbranched alkanes of at least 4 members (excludes halogenated alkanes) is 1. The Morgan fingerprint density at radius 1 is 1.26 bits per heavy atom. The number of carbonyl (C=O) groups is 3. The largest absolute Gasteiger partial charge is 0.467 e. The number of aliphatic hydroxyl groups is 3. The van der Waals surface area contributed by atoms with Crippen molar-refractivity contribution >= 4 is 17.5 Å². The molecule has 2 aliphatic rings. The van der Waals surface area contributed by atoms with Gasteiger partial charge in [-0.3, -0.25) is 14.4 Å². The average molecular weight is 433 g/mol. The van der Waals surface area contributed by atoms with Crippen LogP contribution in [0.3, 0.4) is 0 Å².